The number of aldehydes is 1. The van der Waals surface area contributed by atoms with Crippen LogP contribution in [0.3, 0.4) is 0 Å². The molecule has 2 aromatic rings. The largest absolute Gasteiger partial charge is 0.507 e. The van der Waals surface area contributed by atoms with E-state index in [1.54, 1.807) is 11.0 Å². The van der Waals surface area contributed by atoms with Gasteiger partial charge in [0.05, 0.1) is 5.56 Å². The van der Waals surface area contributed by atoms with Gasteiger partial charge in [-0.3, -0.25) is 9.59 Å². The quantitative estimate of drug-likeness (QED) is 0.860. The molecule has 5 heteroatoms. The fourth-order valence-electron chi connectivity index (χ4n) is 3.12. The summed E-state index contributed by atoms with van der Waals surface area (Å²) in [5.74, 6) is 0.215. The Bertz CT molecular complexity index is 750. The molecule has 0 spiro atoms. The van der Waals surface area contributed by atoms with Crippen molar-refractivity contribution in [2.24, 2.45) is 0 Å². The summed E-state index contributed by atoms with van der Waals surface area (Å²) in [6, 6.07) is 12.3. The fraction of sp³-hybridized carbons (Fsp3) is 0.263. The maximum Gasteiger partial charge on any atom is 0.253 e. The summed E-state index contributed by atoms with van der Waals surface area (Å²) >= 11 is 5.92. The number of carbonyl (C=O) groups excluding carboxylic acids is 2. The van der Waals surface area contributed by atoms with Gasteiger partial charge in [-0.1, -0.05) is 23.7 Å². The van der Waals surface area contributed by atoms with E-state index in [1.807, 2.05) is 24.3 Å². The second-order valence-electron chi connectivity index (χ2n) is 6.01. The molecule has 0 aromatic heterocycles. The van der Waals surface area contributed by atoms with E-state index >= 15 is 0 Å². The van der Waals surface area contributed by atoms with Crippen molar-refractivity contribution in [1.82, 2.24) is 4.90 Å². The lowest BCUT2D eigenvalue weighted by Gasteiger charge is -2.32. The second kappa shape index (κ2) is 7.05. The molecule has 4 nitrogen and oxygen atoms in total. The van der Waals surface area contributed by atoms with Crippen LogP contribution in [0.25, 0.3) is 0 Å². The number of rotatable bonds is 3. The third kappa shape index (κ3) is 3.44. The zero-order valence-electron chi connectivity index (χ0n) is 13.1. The molecule has 1 heterocycles. The summed E-state index contributed by atoms with van der Waals surface area (Å²) < 4.78 is 0. The van der Waals surface area contributed by atoms with E-state index in [2.05, 4.69) is 0 Å². The number of phenols is 1. The van der Waals surface area contributed by atoms with E-state index in [-0.39, 0.29) is 17.2 Å². The Morgan fingerprint density at radius 1 is 1.12 bits per heavy atom. The molecule has 0 saturated carbocycles. The molecule has 1 saturated heterocycles. The molecule has 1 aliphatic rings. The van der Waals surface area contributed by atoms with E-state index < -0.39 is 0 Å². The molecule has 2 aromatic carbocycles. The molecule has 0 bridgehead atoms. The topological polar surface area (TPSA) is 57.6 Å². The molecule has 0 unspecified atom stereocenters. The van der Waals surface area contributed by atoms with Crippen LogP contribution in [0.5, 0.6) is 5.75 Å². The van der Waals surface area contributed by atoms with E-state index in [4.69, 9.17) is 11.6 Å². The van der Waals surface area contributed by atoms with Gasteiger partial charge in [-0.2, -0.15) is 0 Å². The Morgan fingerprint density at radius 2 is 1.79 bits per heavy atom. The highest BCUT2D eigenvalue weighted by atomic mass is 35.5. The van der Waals surface area contributed by atoms with Crippen LogP contribution in [0, 0.1) is 0 Å². The lowest BCUT2D eigenvalue weighted by Crippen LogP contribution is -2.37. The number of hydrogen-bond donors (Lipinski definition) is 1. The van der Waals surface area contributed by atoms with E-state index in [1.165, 1.54) is 17.7 Å². The number of carbonyl (C=O) groups is 2. The number of hydrogen-bond acceptors (Lipinski definition) is 3. The molecule has 24 heavy (non-hydrogen) atoms. The molecule has 0 radical (unpaired) electrons. The highest BCUT2D eigenvalue weighted by Crippen LogP contribution is 2.29. The summed E-state index contributed by atoms with van der Waals surface area (Å²) in [6.07, 6.45) is 2.34. The Balaban J connectivity index is 1.67. The van der Waals surface area contributed by atoms with Crippen LogP contribution in [0.15, 0.2) is 42.5 Å². The molecular weight excluding hydrogens is 326 g/mol. The molecule has 124 valence electrons. The number of likely N-dealkylation sites (tertiary alicyclic amines) is 1. The van der Waals surface area contributed by atoms with Gasteiger partial charge in [0.1, 0.15) is 5.75 Å². The van der Waals surface area contributed by atoms with Crippen molar-refractivity contribution in [3.63, 3.8) is 0 Å². The monoisotopic (exact) mass is 343 g/mol. The van der Waals surface area contributed by atoms with Gasteiger partial charge in [-0.05, 0) is 54.7 Å². The van der Waals surface area contributed by atoms with Crippen LogP contribution in [0.4, 0.5) is 0 Å². The van der Waals surface area contributed by atoms with Gasteiger partial charge in [-0.25, -0.2) is 0 Å². The first-order valence-electron chi connectivity index (χ1n) is 7.91. The maximum atomic E-state index is 12.6. The van der Waals surface area contributed by atoms with E-state index in [0.29, 0.717) is 30.9 Å². The smallest absolute Gasteiger partial charge is 0.253 e. The molecular formula is C19H18ClNO3. The molecule has 1 aliphatic heterocycles. The van der Waals surface area contributed by atoms with Crippen molar-refractivity contribution in [3.05, 3.63) is 64.2 Å². The molecule has 1 fully saturated rings. The first-order chi connectivity index (χ1) is 11.6. The van der Waals surface area contributed by atoms with Gasteiger partial charge in [-0.15, -0.1) is 0 Å². The minimum atomic E-state index is -0.108. The van der Waals surface area contributed by atoms with Crippen LogP contribution >= 0.6 is 11.6 Å². The Hall–Kier alpha value is -2.33. The van der Waals surface area contributed by atoms with Crippen LogP contribution in [0.2, 0.25) is 5.02 Å². The lowest BCUT2D eigenvalue weighted by molar-refractivity contribution is 0.0713. The average molecular weight is 344 g/mol. The highest BCUT2D eigenvalue weighted by molar-refractivity contribution is 6.30. The Morgan fingerprint density at radius 3 is 2.42 bits per heavy atom. The van der Waals surface area contributed by atoms with Gasteiger partial charge in [0.2, 0.25) is 0 Å². The zero-order chi connectivity index (χ0) is 17.1. The standard InChI is InChI=1S/C19H18ClNO3/c20-17-4-1-13(2-5-17)14-7-9-21(10-8-14)19(24)15-3-6-18(23)16(11-15)12-22/h1-6,11-12,14,23H,7-10H2. The SMILES string of the molecule is O=Cc1cc(C(=O)N2CCC(c3ccc(Cl)cc3)CC2)ccc1O. The summed E-state index contributed by atoms with van der Waals surface area (Å²) in [6.45, 7) is 1.34. The highest BCUT2D eigenvalue weighted by Gasteiger charge is 2.25. The minimum Gasteiger partial charge on any atom is -0.507 e. The summed E-state index contributed by atoms with van der Waals surface area (Å²) in [5, 5.41) is 10.3. The van der Waals surface area contributed by atoms with Crippen molar-refractivity contribution in [2.45, 2.75) is 18.8 Å². The van der Waals surface area contributed by atoms with Gasteiger partial charge in [0.25, 0.3) is 5.91 Å². The van der Waals surface area contributed by atoms with Gasteiger partial charge < -0.3 is 10.0 Å². The van der Waals surface area contributed by atoms with E-state index in [9.17, 15) is 14.7 Å². The fourth-order valence-corrected chi connectivity index (χ4v) is 3.24. The number of halogens is 1. The van der Waals surface area contributed by atoms with Crippen LogP contribution in [-0.2, 0) is 0 Å². The third-order valence-electron chi connectivity index (χ3n) is 4.53. The summed E-state index contributed by atoms with van der Waals surface area (Å²) in [5.41, 5.74) is 1.82. The van der Waals surface area contributed by atoms with Gasteiger partial charge in [0.15, 0.2) is 6.29 Å². The first kappa shape index (κ1) is 16.5. The lowest BCUT2D eigenvalue weighted by atomic mass is 9.89. The Kier molecular flexibility index (Phi) is 4.86. The number of benzene rings is 2. The number of nitrogens with zero attached hydrogens (tertiary/aromatic N) is 1. The van der Waals surface area contributed by atoms with Crippen LogP contribution < -0.4 is 0 Å². The molecule has 0 aliphatic carbocycles. The van der Waals surface area contributed by atoms with Crippen molar-refractivity contribution in [2.75, 3.05) is 13.1 Å². The second-order valence-corrected chi connectivity index (χ2v) is 6.45. The molecule has 1 amide bonds. The molecule has 0 atom stereocenters. The van der Waals surface area contributed by atoms with E-state index in [0.717, 1.165) is 17.9 Å². The average Bonchev–Trinajstić information content (AvgIpc) is 2.62. The summed E-state index contributed by atoms with van der Waals surface area (Å²) in [7, 11) is 0. The van der Waals surface area contributed by atoms with Gasteiger partial charge >= 0.3 is 0 Å². The number of phenolic OH excluding ortho intramolecular Hbond substituents is 1. The number of amides is 1. The van der Waals surface area contributed by atoms with Crippen molar-refractivity contribution >= 4 is 23.8 Å². The predicted octanol–water partition coefficient (Wildman–Crippen LogP) is 3.88. The summed E-state index contributed by atoms with van der Waals surface area (Å²) in [4.78, 5) is 25.3. The molecule has 1 N–H and O–H groups in total. The Labute approximate surface area is 145 Å². The van der Waals surface area contributed by atoms with Crippen LogP contribution in [-0.4, -0.2) is 35.3 Å². The maximum absolute atomic E-state index is 12.6. The third-order valence-corrected chi connectivity index (χ3v) is 4.78. The first-order valence-corrected chi connectivity index (χ1v) is 8.29. The molecule has 3 rings (SSSR count). The predicted molar refractivity (Wildman–Crippen MR) is 92.8 cm³/mol. The van der Waals surface area contributed by atoms with Crippen molar-refractivity contribution < 1.29 is 14.7 Å². The van der Waals surface area contributed by atoms with Crippen molar-refractivity contribution in [3.8, 4) is 5.75 Å². The van der Waals surface area contributed by atoms with Crippen molar-refractivity contribution in [1.29, 1.82) is 0 Å². The number of piperidine rings is 1. The normalized spacial score (nSPS) is 15.3. The number of aromatic hydroxyl groups is 1. The van der Waals surface area contributed by atoms with Crippen LogP contribution in [0.1, 0.15) is 45.0 Å². The minimum absolute atomic E-state index is 0.104. The zero-order valence-corrected chi connectivity index (χ0v) is 13.9. The van der Waals surface area contributed by atoms with Gasteiger partial charge in [0, 0.05) is 23.7 Å².